The zero-order valence-corrected chi connectivity index (χ0v) is 7.32. The molecular weight excluding hydrogens is 152 g/mol. The van der Waals surface area contributed by atoms with E-state index < -0.39 is 0 Å². The third kappa shape index (κ3) is 1.48. The number of nitrogens with one attached hydrogen (secondary N) is 1. The molecule has 1 saturated heterocycles. The van der Waals surface area contributed by atoms with Crippen LogP contribution in [0.25, 0.3) is 0 Å². The van der Waals surface area contributed by atoms with Gasteiger partial charge in [0.1, 0.15) is 12.2 Å². The van der Waals surface area contributed by atoms with E-state index in [2.05, 4.69) is 27.1 Å². The Kier molecular flexibility index (Phi) is 2.08. The maximum atomic E-state index is 4.04. The van der Waals surface area contributed by atoms with Crippen LogP contribution in [0.2, 0.25) is 0 Å². The molecule has 2 rings (SSSR count). The average molecular weight is 166 g/mol. The highest BCUT2D eigenvalue weighted by molar-refractivity contribution is 4.95. The van der Waals surface area contributed by atoms with Crippen molar-refractivity contribution < 1.29 is 0 Å². The molecule has 4 heteroatoms. The summed E-state index contributed by atoms with van der Waals surface area (Å²) in [5, 5.41) is 7.84. The summed E-state index contributed by atoms with van der Waals surface area (Å²) in [6.07, 6.45) is 4.06. The molecule has 0 atom stereocenters. The van der Waals surface area contributed by atoms with Crippen LogP contribution in [0.1, 0.15) is 24.6 Å². The summed E-state index contributed by atoms with van der Waals surface area (Å²) in [7, 11) is 2.16. The highest BCUT2D eigenvalue weighted by atomic mass is 15.2. The fourth-order valence-corrected chi connectivity index (χ4v) is 1.70. The number of aromatic amines is 1. The number of likely N-dealkylation sites (tertiary alicyclic amines) is 1. The first kappa shape index (κ1) is 7.73. The monoisotopic (exact) mass is 166 g/mol. The summed E-state index contributed by atoms with van der Waals surface area (Å²) < 4.78 is 0. The summed E-state index contributed by atoms with van der Waals surface area (Å²) in [6, 6.07) is 0. The minimum Gasteiger partial charge on any atom is -0.331 e. The lowest BCUT2D eigenvalue weighted by molar-refractivity contribution is 0.251. The number of nitrogens with zero attached hydrogens (tertiary/aromatic N) is 3. The van der Waals surface area contributed by atoms with Crippen molar-refractivity contribution in [1.29, 1.82) is 0 Å². The molecule has 0 radical (unpaired) electrons. The van der Waals surface area contributed by atoms with E-state index >= 15 is 0 Å². The van der Waals surface area contributed by atoms with Gasteiger partial charge < -0.3 is 9.88 Å². The van der Waals surface area contributed by atoms with Crippen LogP contribution in [0.15, 0.2) is 6.33 Å². The lowest BCUT2D eigenvalue weighted by Crippen LogP contribution is -2.29. The van der Waals surface area contributed by atoms with Crippen LogP contribution in [-0.4, -0.2) is 40.2 Å². The molecule has 0 bridgehead atoms. The first-order chi connectivity index (χ1) is 5.86. The lowest BCUT2D eigenvalue weighted by Gasteiger charge is -2.27. The molecule has 1 aromatic heterocycles. The van der Waals surface area contributed by atoms with Gasteiger partial charge in [-0.25, -0.2) is 0 Å². The summed E-state index contributed by atoms with van der Waals surface area (Å²) in [4.78, 5) is 5.43. The predicted octanol–water partition coefficient (Wildman–Crippen LogP) is 0.614. The van der Waals surface area contributed by atoms with Crippen LogP contribution in [0.5, 0.6) is 0 Å². The highest BCUT2D eigenvalue weighted by Gasteiger charge is 2.20. The van der Waals surface area contributed by atoms with Crippen molar-refractivity contribution in [2.24, 2.45) is 0 Å². The standard InChI is InChI=1S/C8H14N4/c1-12-4-2-7(3-5-12)8-9-6-10-11-8/h6-7H,2-5H2,1H3,(H,9,10,11). The first-order valence-electron chi connectivity index (χ1n) is 4.41. The van der Waals surface area contributed by atoms with Crippen LogP contribution < -0.4 is 0 Å². The number of rotatable bonds is 1. The van der Waals surface area contributed by atoms with Crippen molar-refractivity contribution in [3.63, 3.8) is 0 Å². The molecule has 1 N–H and O–H groups in total. The van der Waals surface area contributed by atoms with Gasteiger partial charge in [-0.05, 0) is 33.0 Å². The third-order valence-electron chi connectivity index (χ3n) is 2.54. The Morgan fingerprint density at radius 3 is 2.83 bits per heavy atom. The van der Waals surface area contributed by atoms with E-state index in [1.54, 1.807) is 6.33 Å². The zero-order valence-electron chi connectivity index (χ0n) is 7.32. The lowest BCUT2D eigenvalue weighted by atomic mass is 9.97. The molecule has 0 spiro atoms. The molecule has 0 saturated carbocycles. The van der Waals surface area contributed by atoms with Crippen molar-refractivity contribution in [2.75, 3.05) is 20.1 Å². The first-order valence-corrected chi connectivity index (χ1v) is 4.41. The van der Waals surface area contributed by atoms with Gasteiger partial charge in [0, 0.05) is 5.92 Å². The van der Waals surface area contributed by atoms with E-state index in [4.69, 9.17) is 0 Å². The highest BCUT2D eigenvalue weighted by Crippen LogP contribution is 2.23. The van der Waals surface area contributed by atoms with Crippen molar-refractivity contribution in [2.45, 2.75) is 18.8 Å². The Morgan fingerprint density at radius 2 is 2.25 bits per heavy atom. The van der Waals surface area contributed by atoms with E-state index in [0.29, 0.717) is 5.92 Å². The molecule has 1 aliphatic heterocycles. The van der Waals surface area contributed by atoms with Gasteiger partial charge in [0.15, 0.2) is 0 Å². The Morgan fingerprint density at radius 1 is 1.50 bits per heavy atom. The number of aromatic nitrogens is 3. The van der Waals surface area contributed by atoms with Gasteiger partial charge in [0.05, 0.1) is 0 Å². The molecule has 1 fully saturated rings. The van der Waals surface area contributed by atoms with Crippen molar-refractivity contribution in [3.8, 4) is 0 Å². The van der Waals surface area contributed by atoms with Crippen molar-refractivity contribution in [1.82, 2.24) is 20.1 Å². The van der Waals surface area contributed by atoms with Crippen molar-refractivity contribution in [3.05, 3.63) is 12.2 Å². The Bertz CT molecular complexity index is 223. The molecule has 2 heterocycles. The van der Waals surface area contributed by atoms with Gasteiger partial charge in [-0.15, -0.1) is 10.2 Å². The molecule has 12 heavy (non-hydrogen) atoms. The second-order valence-electron chi connectivity index (χ2n) is 3.45. The minimum atomic E-state index is 0.601. The van der Waals surface area contributed by atoms with Crippen LogP contribution in [0.3, 0.4) is 0 Å². The molecule has 0 amide bonds. The van der Waals surface area contributed by atoms with Crippen LogP contribution >= 0.6 is 0 Å². The van der Waals surface area contributed by atoms with Gasteiger partial charge in [-0.3, -0.25) is 0 Å². The molecule has 4 nitrogen and oxygen atoms in total. The summed E-state index contributed by atoms with van der Waals surface area (Å²) in [5.41, 5.74) is 0. The summed E-state index contributed by atoms with van der Waals surface area (Å²) in [6.45, 7) is 2.34. The zero-order chi connectivity index (χ0) is 8.39. The number of H-pyrrole nitrogens is 1. The quantitative estimate of drug-likeness (QED) is 0.665. The maximum absolute atomic E-state index is 4.04. The minimum absolute atomic E-state index is 0.601. The molecule has 0 unspecified atom stereocenters. The van der Waals surface area contributed by atoms with Crippen LogP contribution in [-0.2, 0) is 0 Å². The average Bonchev–Trinajstić information content (AvgIpc) is 2.58. The fraction of sp³-hybridized carbons (Fsp3) is 0.750. The molecule has 0 aliphatic carbocycles. The number of hydrogen-bond donors (Lipinski definition) is 1. The Hall–Kier alpha value is -0.900. The van der Waals surface area contributed by atoms with Crippen molar-refractivity contribution >= 4 is 0 Å². The Labute approximate surface area is 72.0 Å². The number of hydrogen-bond acceptors (Lipinski definition) is 3. The van der Waals surface area contributed by atoms with Crippen LogP contribution in [0, 0.1) is 0 Å². The van der Waals surface area contributed by atoms with Gasteiger partial charge in [-0.2, -0.15) is 0 Å². The van der Waals surface area contributed by atoms with E-state index in [-0.39, 0.29) is 0 Å². The largest absolute Gasteiger partial charge is 0.331 e. The van der Waals surface area contributed by atoms with E-state index in [9.17, 15) is 0 Å². The molecular formula is C8H14N4. The van der Waals surface area contributed by atoms with Gasteiger partial charge in [0.2, 0.25) is 0 Å². The van der Waals surface area contributed by atoms with Gasteiger partial charge in [-0.1, -0.05) is 0 Å². The molecule has 0 aromatic carbocycles. The smallest absolute Gasteiger partial charge is 0.133 e. The topological polar surface area (TPSA) is 44.8 Å². The fourth-order valence-electron chi connectivity index (χ4n) is 1.70. The third-order valence-corrected chi connectivity index (χ3v) is 2.54. The number of piperidine rings is 1. The molecule has 1 aromatic rings. The van der Waals surface area contributed by atoms with E-state index in [1.807, 2.05) is 0 Å². The molecule has 1 aliphatic rings. The van der Waals surface area contributed by atoms with Gasteiger partial charge in [0.25, 0.3) is 0 Å². The Balaban J connectivity index is 1.99. The van der Waals surface area contributed by atoms with E-state index in [0.717, 1.165) is 5.82 Å². The summed E-state index contributed by atoms with van der Waals surface area (Å²) >= 11 is 0. The molecule has 66 valence electrons. The van der Waals surface area contributed by atoms with E-state index in [1.165, 1.54) is 25.9 Å². The maximum Gasteiger partial charge on any atom is 0.133 e. The normalized spacial score (nSPS) is 21.4. The van der Waals surface area contributed by atoms with Gasteiger partial charge >= 0.3 is 0 Å². The SMILES string of the molecule is CN1CCC(c2nnc[nH]2)CC1. The second kappa shape index (κ2) is 3.23. The second-order valence-corrected chi connectivity index (χ2v) is 3.45. The summed E-state index contributed by atoms with van der Waals surface area (Å²) in [5.74, 6) is 1.66. The van der Waals surface area contributed by atoms with Crippen LogP contribution in [0.4, 0.5) is 0 Å². The predicted molar refractivity (Wildman–Crippen MR) is 45.9 cm³/mol.